The van der Waals surface area contributed by atoms with Crippen LogP contribution in [-0.2, 0) is 0 Å². The normalized spacial score (nSPS) is 24.2. The van der Waals surface area contributed by atoms with Crippen molar-refractivity contribution in [3.63, 3.8) is 0 Å². The number of nitrogens with zero attached hydrogens (tertiary/aromatic N) is 2. The van der Waals surface area contributed by atoms with Crippen LogP contribution in [0.1, 0.15) is 13.3 Å². The molecule has 164 valence electrons. The molecule has 0 saturated carbocycles. The SMILES string of the molecule is CC1CCN(c2ccc(OC(F)(F)F)cc2)C2=CC=CC3=NC(Oc4ccccc4)=CC231. The Labute approximate surface area is 184 Å². The molecular weight excluding hydrogens is 417 g/mol. The first-order chi connectivity index (χ1) is 15.3. The molecule has 1 spiro atoms. The van der Waals surface area contributed by atoms with E-state index in [1.165, 1.54) is 12.1 Å². The van der Waals surface area contributed by atoms with E-state index < -0.39 is 11.8 Å². The number of halogens is 3. The van der Waals surface area contributed by atoms with Gasteiger partial charge in [0.25, 0.3) is 0 Å². The number of hydrogen-bond acceptors (Lipinski definition) is 4. The summed E-state index contributed by atoms with van der Waals surface area (Å²) in [6.07, 6.45) is 4.26. The van der Waals surface area contributed by atoms with E-state index >= 15 is 0 Å². The van der Waals surface area contributed by atoms with Crippen molar-refractivity contribution in [2.75, 3.05) is 11.4 Å². The predicted octanol–water partition coefficient (Wildman–Crippen LogP) is 6.25. The van der Waals surface area contributed by atoms with Crippen LogP contribution in [0, 0.1) is 11.3 Å². The fourth-order valence-electron chi connectivity index (χ4n) is 4.65. The van der Waals surface area contributed by atoms with Gasteiger partial charge in [0.15, 0.2) is 0 Å². The van der Waals surface area contributed by atoms with Gasteiger partial charge >= 0.3 is 6.36 Å². The molecule has 4 nitrogen and oxygen atoms in total. The number of alkyl halides is 3. The van der Waals surface area contributed by atoms with Crippen molar-refractivity contribution >= 4 is 11.4 Å². The van der Waals surface area contributed by atoms with Crippen molar-refractivity contribution in [2.45, 2.75) is 19.7 Å². The Hall–Kier alpha value is -3.48. The quantitative estimate of drug-likeness (QED) is 0.566. The molecule has 0 bridgehead atoms. The van der Waals surface area contributed by atoms with Gasteiger partial charge in [-0.3, -0.25) is 0 Å². The highest BCUT2D eigenvalue weighted by molar-refractivity contribution is 6.08. The summed E-state index contributed by atoms with van der Waals surface area (Å²) in [7, 11) is 0. The van der Waals surface area contributed by atoms with Crippen molar-refractivity contribution in [1.82, 2.24) is 0 Å². The molecule has 2 aromatic carbocycles. The zero-order chi connectivity index (χ0) is 22.3. The summed E-state index contributed by atoms with van der Waals surface area (Å²) < 4.78 is 47.6. The Kier molecular flexibility index (Phi) is 4.84. The van der Waals surface area contributed by atoms with Crippen molar-refractivity contribution in [2.24, 2.45) is 16.3 Å². The number of anilines is 1. The van der Waals surface area contributed by atoms with Gasteiger partial charge in [0.05, 0.1) is 11.1 Å². The highest BCUT2D eigenvalue weighted by atomic mass is 19.4. The maximum Gasteiger partial charge on any atom is 0.573 e. The minimum atomic E-state index is -4.71. The van der Waals surface area contributed by atoms with E-state index in [-0.39, 0.29) is 11.7 Å². The van der Waals surface area contributed by atoms with E-state index in [9.17, 15) is 13.2 Å². The zero-order valence-corrected chi connectivity index (χ0v) is 17.3. The summed E-state index contributed by atoms with van der Waals surface area (Å²) >= 11 is 0. The van der Waals surface area contributed by atoms with Crippen LogP contribution in [0.4, 0.5) is 18.9 Å². The molecule has 0 aromatic heterocycles. The largest absolute Gasteiger partial charge is 0.573 e. The Balaban J connectivity index is 1.47. The standard InChI is InChI=1S/C25H21F3N2O2/c1-17-14-15-30(18-10-12-20(13-11-18)32-25(26,27)28)22-9-5-8-21-24(17,22)16-23(29-21)31-19-6-3-2-4-7-19/h2-13,16-17H,14-15H2,1H3. The average Bonchev–Trinajstić information content (AvgIpc) is 3.13. The summed E-state index contributed by atoms with van der Waals surface area (Å²) in [6, 6.07) is 15.5. The second-order valence-electron chi connectivity index (χ2n) is 8.06. The van der Waals surface area contributed by atoms with Gasteiger partial charge in [-0.15, -0.1) is 13.2 Å². The average molecular weight is 438 g/mol. The Morgan fingerprint density at radius 2 is 1.78 bits per heavy atom. The molecule has 1 fully saturated rings. The number of para-hydroxylation sites is 1. The van der Waals surface area contributed by atoms with Crippen LogP contribution in [0.15, 0.2) is 95.5 Å². The molecule has 32 heavy (non-hydrogen) atoms. The molecule has 2 atom stereocenters. The van der Waals surface area contributed by atoms with Gasteiger partial charge in [-0.2, -0.15) is 0 Å². The molecule has 0 N–H and O–H groups in total. The van der Waals surface area contributed by atoms with Crippen LogP contribution in [0.2, 0.25) is 0 Å². The van der Waals surface area contributed by atoms with Crippen LogP contribution in [-0.4, -0.2) is 18.6 Å². The second kappa shape index (κ2) is 7.58. The predicted molar refractivity (Wildman–Crippen MR) is 116 cm³/mol. The third-order valence-electron chi connectivity index (χ3n) is 6.14. The van der Waals surface area contributed by atoms with Crippen molar-refractivity contribution in [3.05, 3.63) is 90.5 Å². The van der Waals surface area contributed by atoms with Crippen molar-refractivity contribution in [1.29, 1.82) is 0 Å². The highest BCUT2D eigenvalue weighted by Crippen LogP contribution is 2.52. The van der Waals surface area contributed by atoms with Gasteiger partial charge in [-0.1, -0.05) is 31.2 Å². The van der Waals surface area contributed by atoms with E-state index in [1.54, 1.807) is 12.1 Å². The number of rotatable bonds is 4. The molecule has 2 unspecified atom stereocenters. The molecule has 0 amide bonds. The van der Waals surface area contributed by atoms with Gasteiger partial charge < -0.3 is 14.4 Å². The van der Waals surface area contributed by atoms with E-state index in [4.69, 9.17) is 9.73 Å². The smallest absolute Gasteiger partial charge is 0.439 e. The monoisotopic (exact) mass is 438 g/mol. The zero-order valence-electron chi connectivity index (χ0n) is 17.3. The van der Waals surface area contributed by atoms with E-state index in [2.05, 4.69) is 28.7 Å². The van der Waals surface area contributed by atoms with Gasteiger partial charge in [0.1, 0.15) is 11.5 Å². The van der Waals surface area contributed by atoms with Crippen LogP contribution in [0.5, 0.6) is 11.5 Å². The fourth-order valence-corrected chi connectivity index (χ4v) is 4.65. The van der Waals surface area contributed by atoms with Gasteiger partial charge in [-0.25, -0.2) is 4.99 Å². The summed E-state index contributed by atoms with van der Waals surface area (Å²) in [6.45, 7) is 2.94. The number of piperidine rings is 1. The highest BCUT2D eigenvalue weighted by Gasteiger charge is 2.51. The van der Waals surface area contributed by atoms with E-state index in [0.717, 1.165) is 30.1 Å². The topological polar surface area (TPSA) is 34.1 Å². The maximum absolute atomic E-state index is 12.5. The first-order valence-corrected chi connectivity index (χ1v) is 10.4. The Bertz CT molecular complexity index is 1130. The van der Waals surface area contributed by atoms with Crippen molar-refractivity contribution in [3.8, 4) is 11.5 Å². The number of allylic oxidation sites excluding steroid dienone is 4. The Morgan fingerprint density at radius 1 is 1.03 bits per heavy atom. The summed E-state index contributed by atoms with van der Waals surface area (Å²) in [5.74, 6) is 1.30. The van der Waals surface area contributed by atoms with Crippen LogP contribution >= 0.6 is 0 Å². The lowest BCUT2D eigenvalue weighted by molar-refractivity contribution is -0.274. The number of aliphatic imine (C=N–C) groups is 1. The lowest BCUT2D eigenvalue weighted by Gasteiger charge is -2.48. The number of benzene rings is 2. The van der Waals surface area contributed by atoms with Gasteiger partial charge in [0.2, 0.25) is 5.88 Å². The maximum atomic E-state index is 12.5. The summed E-state index contributed by atoms with van der Waals surface area (Å²) in [5.41, 5.74) is 2.31. The lowest BCUT2D eigenvalue weighted by Crippen LogP contribution is -2.49. The van der Waals surface area contributed by atoms with Crippen molar-refractivity contribution < 1.29 is 22.6 Å². The number of hydrogen-bond donors (Lipinski definition) is 0. The number of ether oxygens (including phenoxy) is 2. The molecule has 2 heterocycles. The van der Waals surface area contributed by atoms with Gasteiger partial charge in [0, 0.05) is 17.9 Å². The first-order valence-electron chi connectivity index (χ1n) is 10.4. The lowest BCUT2D eigenvalue weighted by atomic mass is 9.65. The second-order valence-corrected chi connectivity index (χ2v) is 8.06. The molecule has 1 saturated heterocycles. The molecule has 0 radical (unpaired) electrons. The van der Waals surface area contributed by atoms with Crippen LogP contribution < -0.4 is 14.4 Å². The molecule has 3 aliphatic rings. The third-order valence-corrected chi connectivity index (χ3v) is 6.14. The summed E-state index contributed by atoms with van der Waals surface area (Å²) in [4.78, 5) is 6.91. The fraction of sp³-hybridized carbons (Fsp3) is 0.240. The minimum absolute atomic E-state index is 0.236. The third kappa shape index (κ3) is 3.57. The molecular formula is C25H21F3N2O2. The minimum Gasteiger partial charge on any atom is -0.439 e. The van der Waals surface area contributed by atoms with Crippen LogP contribution in [0.3, 0.4) is 0 Å². The van der Waals surface area contributed by atoms with Gasteiger partial charge in [-0.05, 0) is 67.0 Å². The van der Waals surface area contributed by atoms with Crippen LogP contribution in [0.25, 0.3) is 0 Å². The Morgan fingerprint density at radius 3 is 2.50 bits per heavy atom. The first kappa shape index (κ1) is 20.4. The molecule has 2 aliphatic heterocycles. The molecule has 1 aliphatic carbocycles. The van der Waals surface area contributed by atoms with E-state index in [1.807, 2.05) is 42.5 Å². The van der Waals surface area contributed by atoms with E-state index in [0.29, 0.717) is 11.6 Å². The summed E-state index contributed by atoms with van der Waals surface area (Å²) in [5, 5.41) is 0. The molecule has 5 rings (SSSR count). The molecule has 7 heteroatoms. The molecule has 2 aromatic rings.